The molecule has 0 radical (unpaired) electrons. The lowest BCUT2D eigenvalue weighted by molar-refractivity contribution is 0.0376. The molecule has 0 aliphatic carbocycles. The predicted molar refractivity (Wildman–Crippen MR) is 131 cm³/mol. The van der Waals surface area contributed by atoms with E-state index < -0.39 is 0 Å². The predicted octanol–water partition coefficient (Wildman–Crippen LogP) is 2.31. The number of nitrogens with two attached hydrogens (primary N) is 1. The number of ether oxygens (including phenoxy) is 1. The molecule has 6 nitrogen and oxygen atoms in total. The van der Waals surface area contributed by atoms with Crippen molar-refractivity contribution in [1.82, 2.24) is 15.1 Å². The van der Waals surface area contributed by atoms with Gasteiger partial charge in [0.1, 0.15) is 0 Å². The zero-order valence-corrected chi connectivity index (χ0v) is 20.3. The van der Waals surface area contributed by atoms with Crippen LogP contribution in [0.3, 0.4) is 0 Å². The molecule has 1 aromatic carbocycles. The summed E-state index contributed by atoms with van der Waals surface area (Å²) in [7, 11) is 0. The zero-order valence-electron chi connectivity index (χ0n) is 18.0. The van der Waals surface area contributed by atoms with Crippen LogP contribution >= 0.6 is 24.0 Å². The van der Waals surface area contributed by atoms with Crippen LogP contribution in [0.5, 0.6) is 0 Å². The molecule has 0 bridgehead atoms. The summed E-state index contributed by atoms with van der Waals surface area (Å²) in [5, 5.41) is 3.29. The minimum atomic E-state index is 0. The van der Waals surface area contributed by atoms with Crippen molar-refractivity contribution in [1.29, 1.82) is 0 Å². The summed E-state index contributed by atoms with van der Waals surface area (Å²) in [5.74, 6) is 1.12. The maximum absolute atomic E-state index is 6.13. The van der Waals surface area contributed by atoms with Gasteiger partial charge < -0.3 is 15.8 Å². The van der Waals surface area contributed by atoms with Crippen LogP contribution in [-0.2, 0) is 17.7 Å². The summed E-state index contributed by atoms with van der Waals surface area (Å²) < 4.78 is 5.39. The van der Waals surface area contributed by atoms with Crippen molar-refractivity contribution in [2.45, 2.75) is 39.3 Å². The van der Waals surface area contributed by atoms with Crippen LogP contribution in [0.4, 0.5) is 0 Å². The molecule has 29 heavy (non-hydrogen) atoms. The Kier molecular flexibility index (Phi) is 10.7. The minimum Gasteiger partial charge on any atom is -0.379 e. The van der Waals surface area contributed by atoms with Gasteiger partial charge in [-0.05, 0) is 36.4 Å². The number of aliphatic imine (C=N–C) groups is 1. The number of morpholine rings is 1. The summed E-state index contributed by atoms with van der Waals surface area (Å²) in [6, 6.07) is 9.22. The molecule has 1 aromatic rings. The van der Waals surface area contributed by atoms with Crippen LogP contribution in [0.1, 0.15) is 31.4 Å². The van der Waals surface area contributed by atoms with Gasteiger partial charge in [0, 0.05) is 38.8 Å². The fourth-order valence-electron chi connectivity index (χ4n) is 4.14. The Bertz CT molecular complexity index is 633. The molecule has 0 aromatic heterocycles. The molecule has 2 aliphatic rings. The van der Waals surface area contributed by atoms with Gasteiger partial charge in [0.05, 0.1) is 19.8 Å². The first-order valence-electron chi connectivity index (χ1n) is 10.8. The molecule has 2 aliphatic heterocycles. The van der Waals surface area contributed by atoms with Gasteiger partial charge in [0.25, 0.3) is 0 Å². The normalized spacial score (nSPS) is 19.5. The molecule has 1 saturated heterocycles. The van der Waals surface area contributed by atoms with Crippen LogP contribution < -0.4 is 11.1 Å². The van der Waals surface area contributed by atoms with Gasteiger partial charge in [0.15, 0.2) is 5.96 Å². The Morgan fingerprint density at radius 1 is 1.17 bits per heavy atom. The second kappa shape index (κ2) is 12.7. The number of nitrogens with one attached hydrogen (secondary N) is 1. The number of hydrogen-bond acceptors (Lipinski definition) is 4. The number of rotatable bonds is 8. The Hall–Kier alpha value is -0.900. The molecule has 1 atom stereocenters. The molecular formula is C22H38IN5O. The Morgan fingerprint density at radius 2 is 1.90 bits per heavy atom. The summed E-state index contributed by atoms with van der Waals surface area (Å²) in [5.41, 5.74) is 9.08. The fraction of sp³-hybridized carbons (Fsp3) is 0.682. The molecule has 3 rings (SSSR count). The smallest absolute Gasteiger partial charge is 0.188 e. The number of hydrogen-bond donors (Lipinski definition) is 2. The lowest BCUT2D eigenvalue weighted by Crippen LogP contribution is -2.45. The molecule has 1 unspecified atom stereocenters. The summed E-state index contributed by atoms with van der Waals surface area (Å²) in [6.45, 7) is 13.2. The Morgan fingerprint density at radius 3 is 2.62 bits per heavy atom. The Balaban J connectivity index is 0.00000300. The van der Waals surface area contributed by atoms with Crippen molar-refractivity contribution in [3.63, 3.8) is 0 Å². The molecule has 0 saturated carbocycles. The molecule has 1 fully saturated rings. The molecule has 164 valence electrons. The number of guanidine groups is 1. The lowest BCUT2D eigenvalue weighted by atomic mass is 9.95. The van der Waals surface area contributed by atoms with E-state index in [2.05, 4.69) is 58.2 Å². The first kappa shape index (κ1) is 24.4. The van der Waals surface area contributed by atoms with Gasteiger partial charge in [0.2, 0.25) is 0 Å². The average Bonchev–Trinajstić information content (AvgIpc) is 2.72. The standard InChI is InChI=1S/C22H37N5O.HI/c1-18(2)21(27-11-8-19-6-3-4-7-20(19)17-27)16-25-22(23)24-9-5-10-26-12-14-28-15-13-26;/h3-4,6-7,18,21H,5,8-17H2,1-2H3,(H3,23,24,25);1H. The SMILES string of the molecule is CC(C)C(CN=C(N)NCCCN1CCOCC1)N1CCc2ccccc2C1.I. The van der Waals surface area contributed by atoms with Crippen molar-refractivity contribution in [3.8, 4) is 0 Å². The van der Waals surface area contributed by atoms with Crippen LogP contribution in [0.25, 0.3) is 0 Å². The van der Waals surface area contributed by atoms with E-state index in [1.165, 1.54) is 11.1 Å². The maximum atomic E-state index is 6.13. The van der Waals surface area contributed by atoms with E-state index in [4.69, 9.17) is 10.5 Å². The van der Waals surface area contributed by atoms with Crippen molar-refractivity contribution in [3.05, 3.63) is 35.4 Å². The first-order chi connectivity index (χ1) is 13.6. The molecule has 2 heterocycles. The molecule has 0 amide bonds. The van der Waals surface area contributed by atoms with Crippen molar-refractivity contribution in [2.24, 2.45) is 16.6 Å². The van der Waals surface area contributed by atoms with Gasteiger partial charge >= 0.3 is 0 Å². The van der Waals surface area contributed by atoms with Crippen LogP contribution in [0.15, 0.2) is 29.3 Å². The number of nitrogens with zero attached hydrogens (tertiary/aromatic N) is 3. The largest absolute Gasteiger partial charge is 0.379 e. The minimum absolute atomic E-state index is 0. The molecular weight excluding hydrogens is 477 g/mol. The van der Waals surface area contributed by atoms with Crippen molar-refractivity contribution < 1.29 is 4.74 Å². The first-order valence-corrected chi connectivity index (χ1v) is 10.8. The second-order valence-electron chi connectivity index (χ2n) is 8.26. The summed E-state index contributed by atoms with van der Waals surface area (Å²) in [6.07, 6.45) is 2.20. The number of fused-ring (bicyclic) bond motifs is 1. The van der Waals surface area contributed by atoms with E-state index in [1.807, 2.05) is 0 Å². The third-order valence-electron chi connectivity index (χ3n) is 5.91. The van der Waals surface area contributed by atoms with E-state index in [1.54, 1.807) is 0 Å². The van der Waals surface area contributed by atoms with E-state index in [-0.39, 0.29) is 24.0 Å². The van der Waals surface area contributed by atoms with Crippen molar-refractivity contribution in [2.75, 3.05) is 52.5 Å². The van der Waals surface area contributed by atoms with Crippen LogP contribution in [0, 0.1) is 5.92 Å². The number of benzene rings is 1. The average molecular weight is 515 g/mol. The second-order valence-corrected chi connectivity index (χ2v) is 8.26. The molecule has 3 N–H and O–H groups in total. The van der Waals surface area contributed by atoms with E-state index in [0.717, 1.165) is 71.9 Å². The quantitative estimate of drug-likeness (QED) is 0.241. The van der Waals surface area contributed by atoms with Crippen LogP contribution in [-0.4, -0.2) is 74.3 Å². The van der Waals surface area contributed by atoms with E-state index in [9.17, 15) is 0 Å². The van der Waals surface area contributed by atoms with Gasteiger partial charge in [-0.2, -0.15) is 0 Å². The van der Waals surface area contributed by atoms with Gasteiger partial charge in [-0.25, -0.2) is 0 Å². The molecule has 0 spiro atoms. The molecule has 7 heteroatoms. The van der Waals surface area contributed by atoms with Gasteiger partial charge in [-0.1, -0.05) is 38.1 Å². The van der Waals surface area contributed by atoms with E-state index >= 15 is 0 Å². The van der Waals surface area contributed by atoms with Crippen LogP contribution in [0.2, 0.25) is 0 Å². The van der Waals surface area contributed by atoms with Crippen molar-refractivity contribution >= 4 is 29.9 Å². The van der Waals surface area contributed by atoms with E-state index in [0.29, 0.717) is 17.9 Å². The highest BCUT2D eigenvalue weighted by Crippen LogP contribution is 2.23. The third kappa shape index (κ3) is 7.70. The fourth-order valence-corrected chi connectivity index (χ4v) is 4.14. The number of halogens is 1. The summed E-state index contributed by atoms with van der Waals surface area (Å²) in [4.78, 5) is 9.69. The topological polar surface area (TPSA) is 66.1 Å². The maximum Gasteiger partial charge on any atom is 0.188 e. The highest BCUT2D eigenvalue weighted by atomic mass is 127. The highest BCUT2D eigenvalue weighted by Gasteiger charge is 2.25. The zero-order chi connectivity index (χ0) is 19.8. The van der Waals surface area contributed by atoms with Gasteiger partial charge in [-0.15, -0.1) is 24.0 Å². The monoisotopic (exact) mass is 515 g/mol. The lowest BCUT2D eigenvalue weighted by Gasteiger charge is -2.37. The third-order valence-corrected chi connectivity index (χ3v) is 5.91. The highest BCUT2D eigenvalue weighted by molar-refractivity contribution is 14.0. The Labute approximate surface area is 193 Å². The van der Waals surface area contributed by atoms with Gasteiger partial charge in [-0.3, -0.25) is 14.8 Å². The summed E-state index contributed by atoms with van der Waals surface area (Å²) >= 11 is 0.